The van der Waals surface area contributed by atoms with E-state index in [0.29, 0.717) is 31.2 Å². The van der Waals surface area contributed by atoms with Gasteiger partial charge in [-0.05, 0) is 24.6 Å². The fraction of sp³-hybridized carbons (Fsp3) is 0.526. The summed E-state index contributed by atoms with van der Waals surface area (Å²) in [6.45, 7) is 4.65. The second-order valence-corrected chi connectivity index (χ2v) is 7.17. The van der Waals surface area contributed by atoms with Crippen molar-refractivity contribution in [2.45, 2.75) is 25.4 Å². The summed E-state index contributed by atoms with van der Waals surface area (Å²) in [4.78, 5) is 21.0. The van der Waals surface area contributed by atoms with Crippen molar-refractivity contribution in [3.8, 4) is 0 Å². The highest BCUT2D eigenvalue weighted by Crippen LogP contribution is 2.19. The van der Waals surface area contributed by atoms with Crippen molar-refractivity contribution < 1.29 is 9.32 Å². The number of likely N-dealkylation sites (N-methyl/N-ethyl adjacent to an activating group) is 1. The maximum absolute atomic E-state index is 12.4. The number of benzene rings is 1. The van der Waals surface area contributed by atoms with Crippen LogP contribution in [0.2, 0.25) is 0 Å². The summed E-state index contributed by atoms with van der Waals surface area (Å²) in [7, 11) is 2.07. The van der Waals surface area contributed by atoms with Crippen LogP contribution >= 0.6 is 0 Å². The van der Waals surface area contributed by atoms with Gasteiger partial charge in [0, 0.05) is 45.7 Å². The first-order valence-corrected chi connectivity index (χ1v) is 9.53. The zero-order valence-corrected chi connectivity index (χ0v) is 15.6. The van der Waals surface area contributed by atoms with E-state index in [0.717, 1.165) is 32.6 Å². The molecule has 27 heavy (non-hydrogen) atoms. The molecule has 2 aromatic rings. The summed E-state index contributed by atoms with van der Waals surface area (Å²) in [6, 6.07) is 8.39. The van der Waals surface area contributed by atoms with Gasteiger partial charge in [0.25, 0.3) is 0 Å². The van der Waals surface area contributed by atoms with E-state index in [1.54, 1.807) is 0 Å². The molecule has 0 saturated carbocycles. The molecule has 1 fully saturated rings. The molecule has 0 spiro atoms. The van der Waals surface area contributed by atoms with Crippen LogP contribution in [-0.2, 0) is 19.4 Å². The van der Waals surface area contributed by atoms with E-state index in [2.05, 4.69) is 44.9 Å². The average molecular weight is 370 g/mol. The van der Waals surface area contributed by atoms with E-state index in [-0.39, 0.29) is 12.1 Å². The van der Waals surface area contributed by atoms with Crippen LogP contribution < -0.4 is 10.6 Å². The van der Waals surface area contributed by atoms with E-state index in [1.165, 1.54) is 11.1 Å². The molecule has 2 aliphatic rings. The first-order chi connectivity index (χ1) is 13.2. The van der Waals surface area contributed by atoms with Gasteiger partial charge in [0.2, 0.25) is 5.89 Å². The molecule has 1 aromatic carbocycles. The minimum absolute atomic E-state index is 0.0412. The van der Waals surface area contributed by atoms with Crippen LogP contribution in [0.4, 0.5) is 4.79 Å². The van der Waals surface area contributed by atoms with Gasteiger partial charge in [0.1, 0.15) is 0 Å². The molecule has 144 valence electrons. The molecule has 1 unspecified atom stereocenters. The van der Waals surface area contributed by atoms with Crippen LogP contribution in [-0.4, -0.2) is 65.7 Å². The predicted octanol–water partition coefficient (Wildman–Crippen LogP) is 0.956. The van der Waals surface area contributed by atoms with Crippen molar-refractivity contribution in [1.82, 2.24) is 30.6 Å². The topological polar surface area (TPSA) is 86.5 Å². The Morgan fingerprint density at radius 1 is 1.33 bits per heavy atom. The summed E-state index contributed by atoms with van der Waals surface area (Å²) in [5.41, 5.74) is 2.56. The highest BCUT2D eigenvalue weighted by atomic mass is 16.5. The highest BCUT2D eigenvalue weighted by molar-refractivity contribution is 5.74. The molecular formula is C19H26N6O2. The van der Waals surface area contributed by atoms with Crippen LogP contribution in [0.15, 0.2) is 28.8 Å². The van der Waals surface area contributed by atoms with Crippen molar-refractivity contribution in [3.63, 3.8) is 0 Å². The lowest BCUT2D eigenvalue weighted by molar-refractivity contribution is 0.190. The minimum atomic E-state index is -0.0412. The number of hydrogen-bond donors (Lipinski definition) is 2. The lowest BCUT2D eigenvalue weighted by Gasteiger charge is -2.30. The molecule has 2 N–H and O–H groups in total. The normalized spacial score (nSPS) is 20.3. The third-order valence-electron chi connectivity index (χ3n) is 5.33. The zero-order valence-electron chi connectivity index (χ0n) is 15.6. The Morgan fingerprint density at radius 2 is 2.19 bits per heavy atom. The number of nitrogens with one attached hydrogen (secondary N) is 2. The quantitative estimate of drug-likeness (QED) is 0.834. The first kappa shape index (κ1) is 17.9. The summed E-state index contributed by atoms with van der Waals surface area (Å²) in [5.74, 6) is 1.27. The van der Waals surface area contributed by atoms with Gasteiger partial charge < -0.3 is 20.1 Å². The van der Waals surface area contributed by atoms with Crippen molar-refractivity contribution in [1.29, 1.82) is 0 Å². The summed E-state index contributed by atoms with van der Waals surface area (Å²) in [5, 5.41) is 10.4. The number of amides is 2. The molecule has 2 amide bonds. The number of urea groups is 1. The number of hydrogen-bond acceptors (Lipinski definition) is 6. The van der Waals surface area contributed by atoms with Gasteiger partial charge in [0.15, 0.2) is 5.82 Å². The van der Waals surface area contributed by atoms with E-state index >= 15 is 0 Å². The van der Waals surface area contributed by atoms with Crippen molar-refractivity contribution in [2.75, 3.05) is 39.8 Å². The molecule has 0 bridgehead atoms. The van der Waals surface area contributed by atoms with Gasteiger partial charge in [0.05, 0.1) is 6.04 Å². The molecule has 0 radical (unpaired) electrons. The van der Waals surface area contributed by atoms with Crippen LogP contribution in [0.1, 0.15) is 28.9 Å². The maximum Gasteiger partial charge on any atom is 0.317 e. The van der Waals surface area contributed by atoms with Gasteiger partial charge in [-0.15, -0.1) is 0 Å². The molecule has 1 aromatic heterocycles. The molecule has 2 aliphatic heterocycles. The molecule has 8 nitrogen and oxygen atoms in total. The van der Waals surface area contributed by atoms with Crippen molar-refractivity contribution >= 4 is 6.03 Å². The SMILES string of the molecule is CN1CCNCC1c1noc(CCNC(=O)N2CCc3ccccc3C2)n1. The minimum Gasteiger partial charge on any atom is -0.339 e. The molecule has 1 atom stereocenters. The zero-order chi connectivity index (χ0) is 18.6. The second kappa shape index (κ2) is 8.06. The third-order valence-corrected chi connectivity index (χ3v) is 5.33. The third kappa shape index (κ3) is 4.12. The standard InChI is InChI=1S/C19H26N6O2/c1-24-11-9-20-12-16(24)18-22-17(27-23-18)6-8-21-19(26)25-10-7-14-4-2-3-5-15(14)13-25/h2-5,16,20H,6-13H2,1H3,(H,21,26). The number of nitrogens with zero attached hydrogens (tertiary/aromatic N) is 4. The predicted molar refractivity (Wildman–Crippen MR) is 100 cm³/mol. The van der Waals surface area contributed by atoms with Gasteiger partial charge in [-0.2, -0.15) is 4.98 Å². The van der Waals surface area contributed by atoms with Gasteiger partial charge >= 0.3 is 6.03 Å². The fourth-order valence-corrected chi connectivity index (χ4v) is 3.66. The number of carbonyl (C=O) groups is 1. The molecule has 1 saturated heterocycles. The molecular weight excluding hydrogens is 344 g/mol. The Morgan fingerprint density at radius 3 is 3.04 bits per heavy atom. The Balaban J connectivity index is 1.26. The van der Waals surface area contributed by atoms with Crippen LogP contribution in [0.3, 0.4) is 0 Å². The molecule has 8 heteroatoms. The maximum atomic E-state index is 12.4. The summed E-state index contributed by atoms with van der Waals surface area (Å²) in [6.07, 6.45) is 1.44. The molecule has 4 rings (SSSR count). The van der Waals surface area contributed by atoms with Gasteiger partial charge in [-0.25, -0.2) is 4.79 Å². The number of piperazine rings is 1. The summed E-state index contributed by atoms with van der Waals surface area (Å²) >= 11 is 0. The Kier molecular flexibility index (Phi) is 5.35. The monoisotopic (exact) mass is 370 g/mol. The lowest BCUT2D eigenvalue weighted by atomic mass is 10.0. The van der Waals surface area contributed by atoms with Crippen LogP contribution in [0, 0.1) is 0 Å². The molecule has 0 aliphatic carbocycles. The van der Waals surface area contributed by atoms with Crippen LogP contribution in [0.5, 0.6) is 0 Å². The number of aromatic nitrogens is 2. The average Bonchev–Trinajstić information content (AvgIpc) is 3.16. The first-order valence-electron chi connectivity index (χ1n) is 9.53. The number of rotatable bonds is 4. The fourth-order valence-electron chi connectivity index (χ4n) is 3.66. The second-order valence-electron chi connectivity index (χ2n) is 7.17. The van der Waals surface area contributed by atoms with E-state index in [4.69, 9.17) is 4.52 Å². The lowest BCUT2D eigenvalue weighted by Crippen LogP contribution is -2.44. The van der Waals surface area contributed by atoms with E-state index < -0.39 is 0 Å². The number of fused-ring (bicyclic) bond motifs is 1. The van der Waals surface area contributed by atoms with E-state index in [9.17, 15) is 4.79 Å². The van der Waals surface area contributed by atoms with E-state index in [1.807, 2.05) is 17.0 Å². The highest BCUT2D eigenvalue weighted by Gasteiger charge is 2.25. The van der Waals surface area contributed by atoms with Gasteiger partial charge in [-0.1, -0.05) is 29.4 Å². The smallest absolute Gasteiger partial charge is 0.317 e. The Bertz CT molecular complexity index is 792. The Hall–Kier alpha value is -2.45. The molecule has 3 heterocycles. The van der Waals surface area contributed by atoms with Crippen LogP contribution in [0.25, 0.3) is 0 Å². The van der Waals surface area contributed by atoms with Crippen molar-refractivity contribution in [3.05, 3.63) is 47.1 Å². The number of carbonyl (C=O) groups excluding carboxylic acids is 1. The van der Waals surface area contributed by atoms with Gasteiger partial charge in [-0.3, -0.25) is 4.90 Å². The Labute approximate surface area is 158 Å². The largest absolute Gasteiger partial charge is 0.339 e. The van der Waals surface area contributed by atoms with Crippen molar-refractivity contribution in [2.24, 2.45) is 0 Å². The summed E-state index contributed by atoms with van der Waals surface area (Å²) < 4.78 is 5.36.